The van der Waals surface area contributed by atoms with Crippen molar-refractivity contribution in [2.75, 3.05) is 23.0 Å². The van der Waals surface area contributed by atoms with Crippen LogP contribution in [-0.4, -0.2) is 34.4 Å². The maximum Gasteiger partial charge on any atom is 0.234 e. The standard InChI is InChI=1S/C15H18N4O3S2/c1-3-12(20)17-14-18-19-15(24-14)23-9-13(21)16-10-5-7-11(8-6-10)22-4-2/h5-8H,3-4,9H2,1-2H3,(H,16,21)(H,17,18,20). The summed E-state index contributed by atoms with van der Waals surface area (Å²) < 4.78 is 5.98. The Kier molecular flexibility index (Phi) is 7.01. The zero-order valence-electron chi connectivity index (χ0n) is 13.4. The summed E-state index contributed by atoms with van der Waals surface area (Å²) in [6, 6.07) is 7.19. The maximum absolute atomic E-state index is 12.0. The number of hydrogen-bond donors (Lipinski definition) is 2. The number of benzene rings is 1. The van der Waals surface area contributed by atoms with Gasteiger partial charge >= 0.3 is 0 Å². The van der Waals surface area contributed by atoms with Crippen LogP contribution >= 0.6 is 23.1 Å². The van der Waals surface area contributed by atoms with Gasteiger partial charge in [0.15, 0.2) is 4.34 Å². The lowest BCUT2D eigenvalue weighted by Gasteiger charge is -2.06. The number of thioether (sulfide) groups is 1. The van der Waals surface area contributed by atoms with E-state index in [1.54, 1.807) is 31.2 Å². The lowest BCUT2D eigenvalue weighted by atomic mass is 10.3. The molecule has 0 saturated carbocycles. The number of anilines is 2. The molecule has 2 amide bonds. The highest BCUT2D eigenvalue weighted by atomic mass is 32.2. The Morgan fingerprint density at radius 2 is 1.88 bits per heavy atom. The van der Waals surface area contributed by atoms with Crippen LogP contribution in [0, 0.1) is 0 Å². The van der Waals surface area contributed by atoms with Crippen LogP contribution in [0.15, 0.2) is 28.6 Å². The molecule has 0 aliphatic rings. The minimum Gasteiger partial charge on any atom is -0.494 e. The normalized spacial score (nSPS) is 10.2. The SMILES string of the molecule is CCOc1ccc(NC(=O)CSc2nnc(NC(=O)CC)s2)cc1. The van der Waals surface area contributed by atoms with Crippen molar-refractivity contribution in [1.82, 2.24) is 10.2 Å². The molecule has 0 unspecified atom stereocenters. The number of ether oxygens (including phenoxy) is 1. The minimum atomic E-state index is -0.140. The maximum atomic E-state index is 12.0. The lowest BCUT2D eigenvalue weighted by Crippen LogP contribution is -2.13. The molecule has 0 saturated heterocycles. The van der Waals surface area contributed by atoms with Crippen LogP contribution in [-0.2, 0) is 9.59 Å². The average molecular weight is 366 g/mol. The van der Waals surface area contributed by atoms with Gasteiger partial charge in [-0.15, -0.1) is 10.2 Å². The zero-order chi connectivity index (χ0) is 17.4. The van der Waals surface area contributed by atoms with Crippen LogP contribution in [0.5, 0.6) is 5.75 Å². The molecule has 2 N–H and O–H groups in total. The molecule has 0 spiro atoms. The Bertz CT molecular complexity index is 688. The van der Waals surface area contributed by atoms with Crippen molar-refractivity contribution >= 4 is 45.7 Å². The molecule has 1 aromatic carbocycles. The number of rotatable bonds is 8. The van der Waals surface area contributed by atoms with Crippen LogP contribution in [0.4, 0.5) is 10.8 Å². The first kappa shape index (κ1) is 18.2. The molecule has 2 aromatic rings. The van der Waals surface area contributed by atoms with E-state index in [1.807, 2.05) is 6.92 Å². The fraction of sp³-hybridized carbons (Fsp3) is 0.333. The first-order valence-corrected chi connectivity index (χ1v) is 9.19. The van der Waals surface area contributed by atoms with E-state index >= 15 is 0 Å². The zero-order valence-corrected chi connectivity index (χ0v) is 15.0. The fourth-order valence-corrected chi connectivity index (χ4v) is 3.22. The van der Waals surface area contributed by atoms with E-state index in [1.165, 1.54) is 23.1 Å². The summed E-state index contributed by atoms with van der Waals surface area (Å²) in [6.45, 7) is 4.28. The van der Waals surface area contributed by atoms with E-state index in [0.717, 1.165) is 5.75 Å². The first-order valence-electron chi connectivity index (χ1n) is 7.39. The highest BCUT2D eigenvalue weighted by Gasteiger charge is 2.10. The Morgan fingerprint density at radius 1 is 1.12 bits per heavy atom. The third-order valence-electron chi connectivity index (χ3n) is 2.75. The monoisotopic (exact) mass is 366 g/mol. The second-order valence-corrected chi connectivity index (χ2v) is 6.77. The van der Waals surface area contributed by atoms with Gasteiger partial charge in [0.25, 0.3) is 0 Å². The van der Waals surface area contributed by atoms with Crippen molar-refractivity contribution in [2.24, 2.45) is 0 Å². The summed E-state index contributed by atoms with van der Waals surface area (Å²) in [5.74, 6) is 0.721. The largest absolute Gasteiger partial charge is 0.494 e. The number of carbonyl (C=O) groups excluding carboxylic acids is 2. The molecule has 0 atom stereocenters. The Hall–Kier alpha value is -2.13. The summed E-state index contributed by atoms with van der Waals surface area (Å²) in [7, 11) is 0. The summed E-state index contributed by atoms with van der Waals surface area (Å²) >= 11 is 2.52. The van der Waals surface area contributed by atoms with Crippen molar-refractivity contribution in [3.63, 3.8) is 0 Å². The fourth-order valence-electron chi connectivity index (χ4n) is 1.65. The van der Waals surface area contributed by atoms with Crippen LogP contribution in [0.2, 0.25) is 0 Å². The molecule has 1 heterocycles. The van der Waals surface area contributed by atoms with Gasteiger partial charge in [0.1, 0.15) is 5.75 Å². The van der Waals surface area contributed by atoms with E-state index < -0.39 is 0 Å². The molecule has 0 aliphatic carbocycles. The van der Waals surface area contributed by atoms with Crippen molar-refractivity contribution < 1.29 is 14.3 Å². The summed E-state index contributed by atoms with van der Waals surface area (Å²) in [5, 5.41) is 13.7. The van der Waals surface area contributed by atoms with E-state index in [9.17, 15) is 9.59 Å². The molecule has 0 bridgehead atoms. The molecule has 0 radical (unpaired) electrons. The van der Waals surface area contributed by atoms with Gasteiger partial charge in [0.2, 0.25) is 16.9 Å². The third kappa shape index (κ3) is 5.82. The van der Waals surface area contributed by atoms with Crippen molar-refractivity contribution in [2.45, 2.75) is 24.6 Å². The molecule has 1 aromatic heterocycles. The summed E-state index contributed by atoms with van der Waals surface area (Å²) in [4.78, 5) is 23.2. The van der Waals surface area contributed by atoms with Gasteiger partial charge in [-0.2, -0.15) is 0 Å². The van der Waals surface area contributed by atoms with E-state index in [2.05, 4.69) is 20.8 Å². The number of amides is 2. The summed E-state index contributed by atoms with van der Waals surface area (Å²) in [6.07, 6.45) is 0.381. The van der Waals surface area contributed by atoms with E-state index in [4.69, 9.17) is 4.74 Å². The van der Waals surface area contributed by atoms with Gasteiger partial charge in [-0.25, -0.2) is 0 Å². The number of carbonyl (C=O) groups is 2. The lowest BCUT2D eigenvalue weighted by molar-refractivity contribution is -0.116. The van der Waals surface area contributed by atoms with Crippen molar-refractivity contribution in [3.05, 3.63) is 24.3 Å². The van der Waals surface area contributed by atoms with Gasteiger partial charge in [-0.3, -0.25) is 9.59 Å². The van der Waals surface area contributed by atoms with E-state index in [-0.39, 0.29) is 17.6 Å². The number of nitrogens with zero attached hydrogens (tertiary/aromatic N) is 2. The smallest absolute Gasteiger partial charge is 0.234 e. The number of hydrogen-bond acceptors (Lipinski definition) is 7. The van der Waals surface area contributed by atoms with Crippen molar-refractivity contribution in [1.29, 1.82) is 0 Å². The first-order chi connectivity index (χ1) is 11.6. The molecule has 9 heteroatoms. The van der Waals surface area contributed by atoms with Crippen LogP contribution in [0.1, 0.15) is 20.3 Å². The highest BCUT2D eigenvalue weighted by molar-refractivity contribution is 8.01. The molecule has 2 rings (SSSR count). The van der Waals surface area contributed by atoms with Gasteiger partial charge in [-0.1, -0.05) is 30.0 Å². The second kappa shape index (κ2) is 9.24. The van der Waals surface area contributed by atoms with Crippen molar-refractivity contribution in [3.8, 4) is 5.75 Å². The molecule has 7 nitrogen and oxygen atoms in total. The average Bonchev–Trinajstić information content (AvgIpc) is 3.02. The topological polar surface area (TPSA) is 93.2 Å². The second-order valence-electron chi connectivity index (χ2n) is 4.57. The quantitative estimate of drug-likeness (QED) is 0.551. The Balaban J connectivity index is 1.79. The molecule has 128 valence electrons. The number of nitrogens with one attached hydrogen (secondary N) is 2. The minimum absolute atomic E-state index is 0.115. The summed E-state index contributed by atoms with van der Waals surface area (Å²) in [5.41, 5.74) is 0.706. The highest BCUT2D eigenvalue weighted by Crippen LogP contribution is 2.25. The molecule has 24 heavy (non-hydrogen) atoms. The number of aromatic nitrogens is 2. The van der Waals surface area contributed by atoms with Crippen LogP contribution in [0.3, 0.4) is 0 Å². The molecular weight excluding hydrogens is 348 g/mol. The Morgan fingerprint density at radius 3 is 2.54 bits per heavy atom. The molecular formula is C15H18N4O3S2. The molecule has 0 aliphatic heterocycles. The predicted molar refractivity (Wildman–Crippen MR) is 95.8 cm³/mol. The Labute approximate surface area is 148 Å². The van der Waals surface area contributed by atoms with Gasteiger partial charge in [0.05, 0.1) is 12.4 Å². The van der Waals surface area contributed by atoms with E-state index in [0.29, 0.717) is 28.2 Å². The van der Waals surface area contributed by atoms with Gasteiger partial charge in [0, 0.05) is 12.1 Å². The predicted octanol–water partition coefficient (Wildman–Crippen LogP) is 3.02. The third-order valence-corrected chi connectivity index (χ3v) is 4.72. The van der Waals surface area contributed by atoms with Crippen LogP contribution < -0.4 is 15.4 Å². The van der Waals surface area contributed by atoms with Crippen LogP contribution in [0.25, 0.3) is 0 Å². The van der Waals surface area contributed by atoms with Gasteiger partial charge < -0.3 is 15.4 Å². The van der Waals surface area contributed by atoms with Gasteiger partial charge in [-0.05, 0) is 31.2 Å². The molecule has 0 fully saturated rings.